The van der Waals surface area contributed by atoms with Gasteiger partial charge in [-0.2, -0.15) is 0 Å². The number of aliphatic carboxylic acids is 1. The van der Waals surface area contributed by atoms with E-state index >= 15 is 0 Å². The summed E-state index contributed by atoms with van der Waals surface area (Å²) in [6.45, 7) is 12.7. The van der Waals surface area contributed by atoms with Crippen molar-refractivity contribution in [3.05, 3.63) is 58.6 Å². The molecule has 0 spiro atoms. The largest absolute Gasteiger partial charge is 0.480 e. The number of anilines is 1. The van der Waals surface area contributed by atoms with E-state index in [0.29, 0.717) is 18.7 Å². The molecule has 1 amide bonds. The summed E-state index contributed by atoms with van der Waals surface area (Å²) in [6, 6.07) is 6.28. The summed E-state index contributed by atoms with van der Waals surface area (Å²) in [4.78, 5) is 31.6. The van der Waals surface area contributed by atoms with Crippen LogP contribution in [0.15, 0.2) is 36.9 Å². The number of carboxylic acid groups (broad SMARTS) is 1. The van der Waals surface area contributed by atoms with Gasteiger partial charge in [-0.15, -0.1) is 17.9 Å². The highest BCUT2D eigenvalue weighted by Crippen LogP contribution is 2.26. The van der Waals surface area contributed by atoms with Gasteiger partial charge in [0.25, 0.3) is 5.91 Å². The van der Waals surface area contributed by atoms with E-state index in [-0.39, 0.29) is 11.8 Å². The highest BCUT2D eigenvalue weighted by molar-refractivity contribution is 7.15. The van der Waals surface area contributed by atoms with E-state index in [2.05, 4.69) is 28.7 Å². The predicted molar refractivity (Wildman–Crippen MR) is 113 cm³/mol. The molecule has 2 rings (SSSR count). The molecule has 1 atom stereocenters. The maximum Gasteiger partial charge on any atom is 0.326 e. The van der Waals surface area contributed by atoms with Crippen molar-refractivity contribution in [2.45, 2.75) is 40.3 Å². The first-order chi connectivity index (χ1) is 13.2. The maximum atomic E-state index is 12.4. The zero-order valence-corrected chi connectivity index (χ0v) is 17.5. The van der Waals surface area contributed by atoms with Crippen LogP contribution in [0.4, 0.5) is 5.13 Å². The summed E-state index contributed by atoms with van der Waals surface area (Å²) < 4.78 is 0. The van der Waals surface area contributed by atoms with E-state index in [4.69, 9.17) is 0 Å². The second-order valence-corrected chi connectivity index (χ2v) is 8.22. The van der Waals surface area contributed by atoms with Gasteiger partial charge >= 0.3 is 5.97 Å². The van der Waals surface area contributed by atoms with E-state index in [0.717, 1.165) is 16.4 Å². The average molecular weight is 402 g/mol. The highest BCUT2D eigenvalue weighted by atomic mass is 32.1. The molecule has 6 nitrogen and oxygen atoms in total. The fraction of sp³-hybridized carbons (Fsp3) is 0.381. The molecule has 2 aromatic rings. The van der Waals surface area contributed by atoms with Crippen molar-refractivity contribution in [1.29, 1.82) is 0 Å². The third kappa shape index (κ3) is 5.42. The summed E-state index contributed by atoms with van der Waals surface area (Å²) in [5.74, 6) is -1.62. The third-order valence-electron chi connectivity index (χ3n) is 4.45. The van der Waals surface area contributed by atoms with Crippen LogP contribution in [0.5, 0.6) is 0 Å². The monoisotopic (exact) mass is 401 g/mol. The number of benzene rings is 1. The highest BCUT2D eigenvalue weighted by Gasteiger charge is 2.24. The molecule has 0 saturated carbocycles. The minimum Gasteiger partial charge on any atom is -0.480 e. The van der Waals surface area contributed by atoms with Crippen LogP contribution in [0.3, 0.4) is 0 Å². The molecule has 0 saturated heterocycles. The normalized spacial score (nSPS) is 11.9. The van der Waals surface area contributed by atoms with E-state index in [1.807, 2.05) is 25.1 Å². The topological polar surface area (TPSA) is 82.5 Å². The Bertz CT molecular complexity index is 824. The number of carbonyl (C=O) groups excluding carboxylic acids is 1. The summed E-state index contributed by atoms with van der Waals surface area (Å²) in [5.41, 5.74) is 2.49. The molecular weight excluding hydrogens is 374 g/mol. The first-order valence-electron chi connectivity index (χ1n) is 9.15. The molecule has 0 aliphatic rings. The molecule has 0 aliphatic heterocycles. The number of carbonyl (C=O) groups is 2. The standard InChI is InChI=1S/C21H27N3O3S/c1-6-11-24(21-22-14(4)15(5)28-21)12-16-7-9-17(10-8-16)19(25)23-18(13(2)3)20(26)27/h6-10,13,18H,1,11-12H2,2-5H3,(H,23,25)(H,26,27). The van der Waals surface area contributed by atoms with Gasteiger partial charge in [-0.25, -0.2) is 9.78 Å². The minimum absolute atomic E-state index is 0.196. The van der Waals surface area contributed by atoms with Crippen LogP contribution in [-0.2, 0) is 11.3 Å². The molecular formula is C21H27N3O3S. The number of nitrogens with one attached hydrogen (secondary N) is 1. The van der Waals surface area contributed by atoms with E-state index in [9.17, 15) is 14.7 Å². The summed E-state index contributed by atoms with van der Waals surface area (Å²) >= 11 is 1.65. The first-order valence-corrected chi connectivity index (χ1v) is 9.97. The lowest BCUT2D eigenvalue weighted by molar-refractivity contribution is -0.140. The fourth-order valence-corrected chi connectivity index (χ4v) is 3.60. The number of rotatable bonds is 9. The summed E-state index contributed by atoms with van der Waals surface area (Å²) in [5, 5.41) is 12.7. The molecule has 7 heteroatoms. The van der Waals surface area contributed by atoms with Crippen LogP contribution in [0.2, 0.25) is 0 Å². The number of hydrogen-bond donors (Lipinski definition) is 2. The summed E-state index contributed by atoms with van der Waals surface area (Å²) in [7, 11) is 0. The Labute approximate surface area is 169 Å². The Balaban J connectivity index is 2.11. The van der Waals surface area contributed by atoms with Gasteiger partial charge < -0.3 is 15.3 Å². The number of amides is 1. The van der Waals surface area contributed by atoms with Gasteiger partial charge in [-0.05, 0) is 37.5 Å². The lowest BCUT2D eigenvalue weighted by Crippen LogP contribution is -2.44. The van der Waals surface area contributed by atoms with Crippen LogP contribution >= 0.6 is 11.3 Å². The molecule has 150 valence electrons. The number of thiazole rings is 1. The van der Waals surface area contributed by atoms with Gasteiger partial charge in [0.1, 0.15) is 6.04 Å². The minimum atomic E-state index is -1.03. The Kier molecular flexibility index (Phi) is 7.34. The summed E-state index contributed by atoms with van der Waals surface area (Å²) in [6.07, 6.45) is 1.84. The molecule has 2 N–H and O–H groups in total. The SMILES string of the molecule is C=CCN(Cc1ccc(C(=O)NC(C(=O)O)C(C)C)cc1)c1nc(C)c(C)s1. The van der Waals surface area contributed by atoms with Gasteiger partial charge in [0, 0.05) is 23.5 Å². The van der Waals surface area contributed by atoms with Crippen LogP contribution < -0.4 is 10.2 Å². The quantitative estimate of drug-likeness (QED) is 0.625. The third-order valence-corrected chi connectivity index (χ3v) is 5.58. The van der Waals surface area contributed by atoms with Gasteiger partial charge in [0.05, 0.1) is 5.69 Å². The van der Waals surface area contributed by atoms with Crippen molar-refractivity contribution in [3.63, 3.8) is 0 Å². The number of carboxylic acids is 1. The molecule has 1 unspecified atom stereocenters. The second-order valence-electron chi connectivity index (χ2n) is 7.04. The van der Waals surface area contributed by atoms with Crippen LogP contribution in [-0.4, -0.2) is 34.6 Å². The predicted octanol–water partition coefficient (Wildman–Crippen LogP) is 3.79. The van der Waals surface area contributed by atoms with Gasteiger partial charge in [-0.1, -0.05) is 32.1 Å². The molecule has 0 radical (unpaired) electrons. The van der Waals surface area contributed by atoms with Crippen molar-refractivity contribution in [1.82, 2.24) is 10.3 Å². The molecule has 0 aliphatic carbocycles. The lowest BCUT2D eigenvalue weighted by atomic mass is 10.0. The van der Waals surface area contributed by atoms with Gasteiger partial charge in [0.15, 0.2) is 5.13 Å². The maximum absolute atomic E-state index is 12.4. The van der Waals surface area contributed by atoms with E-state index < -0.39 is 12.0 Å². The Morgan fingerprint density at radius 1 is 1.29 bits per heavy atom. The zero-order valence-electron chi connectivity index (χ0n) is 16.7. The van der Waals surface area contributed by atoms with E-state index in [1.54, 1.807) is 37.3 Å². The van der Waals surface area contributed by atoms with Crippen LogP contribution in [0.25, 0.3) is 0 Å². The zero-order chi connectivity index (χ0) is 20.8. The second kappa shape index (κ2) is 9.50. The molecule has 1 aromatic heterocycles. The van der Waals surface area contributed by atoms with Crippen molar-refractivity contribution in [2.75, 3.05) is 11.4 Å². The Hall–Kier alpha value is -2.67. The lowest BCUT2D eigenvalue weighted by Gasteiger charge is -2.20. The molecule has 0 bridgehead atoms. The first kappa shape index (κ1) is 21.6. The average Bonchev–Trinajstić information content (AvgIpc) is 2.98. The van der Waals surface area contributed by atoms with E-state index in [1.165, 1.54) is 4.88 Å². The molecule has 1 aromatic carbocycles. The van der Waals surface area contributed by atoms with Crippen molar-refractivity contribution < 1.29 is 14.7 Å². The fourth-order valence-electron chi connectivity index (χ4n) is 2.68. The molecule has 0 fully saturated rings. The number of aromatic nitrogens is 1. The van der Waals surface area contributed by atoms with Crippen LogP contribution in [0.1, 0.15) is 40.3 Å². The van der Waals surface area contributed by atoms with Crippen LogP contribution in [0, 0.1) is 19.8 Å². The number of nitrogens with zero attached hydrogens (tertiary/aromatic N) is 2. The van der Waals surface area contributed by atoms with Crippen molar-refractivity contribution in [2.24, 2.45) is 5.92 Å². The van der Waals surface area contributed by atoms with Gasteiger partial charge in [-0.3, -0.25) is 4.79 Å². The smallest absolute Gasteiger partial charge is 0.326 e. The van der Waals surface area contributed by atoms with Crippen molar-refractivity contribution in [3.8, 4) is 0 Å². The Morgan fingerprint density at radius 2 is 1.93 bits per heavy atom. The number of aryl methyl sites for hydroxylation is 2. The molecule has 28 heavy (non-hydrogen) atoms. The Morgan fingerprint density at radius 3 is 2.39 bits per heavy atom. The van der Waals surface area contributed by atoms with Crippen molar-refractivity contribution >= 4 is 28.3 Å². The van der Waals surface area contributed by atoms with Gasteiger partial charge in [0.2, 0.25) is 0 Å². The number of hydrogen-bond acceptors (Lipinski definition) is 5. The molecule has 1 heterocycles.